The number of aliphatic hydroxyl groups excluding tert-OH is 1. The van der Waals surface area contributed by atoms with Crippen molar-refractivity contribution in [2.45, 2.75) is 39.3 Å². The minimum Gasteiger partial charge on any atom is -0.507 e. The van der Waals surface area contributed by atoms with Gasteiger partial charge in [-0.05, 0) is 55.3 Å². The first-order valence-corrected chi connectivity index (χ1v) is 12.3. The fourth-order valence-corrected chi connectivity index (χ4v) is 4.34. The average Bonchev–Trinajstić information content (AvgIpc) is 3.50. The Labute approximate surface area is 210 Å². The van der Waals surface area contributed by atoms with Gasteiger partial charge in [-0.15, -0.1) is 0 Å². The van der Waals surface area contributed by atoms with E-state index in [4.69, 9.17) is 9.47 Å². The lowest BCUT2D eigenvalue weighted by molar-refractivity contribution is -0.695. The molecule has 2 N–H and O–H groups in total. The topological polar surface area (TPSA) is 95.7 Å². The summed E-state index contributed by atoms with van der Waals surface area (Å²) in [6.07, 6.45) is 7.11. The first-order valence-electron chi connectivity index (χ1n) is 12.3. The number of carbonyl (C=O) groups is 2. The number of nitrogens with one attached hydrogen (secondary N) is 1. The van der Waals surface area contributed by atoms with E-state index in [0.29, 0.717) is 49.8 Å². The largest absolute Gasteiger partial charge is 0.507 e. The quantitative estimate of drug-likeness (QED) is 0.183. The molecular formula is C28H32N3O5+. The average molecular weight is 491 g/mol. The number of rotatable bonds is 11. The normalized spacial score (nSPS) is 16.9. The van der Waals surface area contributed by atoms with Gasteiger partial charge in [0.05, 0.1) is 31.4 Å². The maximum atomic E-state index is 13.2. The number of H-pyrrole nitrogens is 1. The zero-order valence-electron chi connectivity index (χ0n) is 20.6. The summed E-state index contributed by atoms with van der Waals surface area (Å²) in [5, 5.41) is 11.2. The number of benzene rings is 2. The zero-order chi connectivity index (χ0) is 25.5. The molecule has 1 aliphatic rings. The van der Waals surface area contributed by atoms with Crippen LogP contribution in [0, 0.1) is 0 Å². The Morgan fingerprint density at radius 2 is 1.72 bits per heavy atom. The second kappa shape index (κ2) is 11.6. The van der Waals surface area contributed by atoms with Crippen molar-refractivity contribution in [2.75, 3.05) is 19.8 Å². The van der Waals surface area contributed by atoms with Crippen molar-refractivity contribution in [1.82, 2.24) is 9.88 Å². The highest BCUT2D eigenvalue weighted by Crippen LogP contribution is 2.40. The van der Waals surface area contributed by atoms with E-state index in [-0.39, 0.29) is 11.3 Å². The lowest BCUT2D eigenvalue weighted by atomic mass is 9.95. The number of carbonyl (C=O) groups excluding carboxylic acids is 2. The summed E-state index contributed by atoms with van der Waals surface area (Å²) in [6, 6.07) is 13.5. The standard InChI is InChI=1S/C28H31N3O5/c1-3-18-36-23-10-6-20(7-11-23)25-24(26(32)21-8-12-22(13-9-21)35-4-2)27(33)28(34)31(25)16-5-15-30-17-14-29-19-30/h6-14,17,19,25H,3-5,15-16,18H2,1-2H3,(H,32,33)/p+1. The van der Waals surface area contributed by atoms with E-state index in [2.05, 4.69) is 4.98 Å². The van der Waals surface area contributed by atoms with Crippen LogP contribution in [0.4, 0.5) is 0 Å². The van der Waals surface area contributed by atoms with Gasteiger partial charge in [0.1, 0.15) is 29.7 Å². The molecule has 1 aromatic heterocycles. The predicted molar refractivity (Wildman–Crippen MR) is 134 cm³/mol. The van der Waals surface area contributed by atoms with E-state index < -0.39 is 17.7 Å². The number of nitrogens with zero attached hydrogens (tertiary/aromatic N) is 2. The van der Waals surface area contributed by atoms with Crippen molar-refractivity contribution in [3.05, 3.63) is 84.0 Å². The van der Waals surface area contributed by atoms with Crippen molar-refractivity contribution in [3.8, 4) is 11.5 Å². The molecule has 1 amide bonds. The van der Waals surface area contributed by atoms with Crippen LogP contribution in [0.25, 0.3) is 5.76 Å². The van der Waals surface area contributed by atoms with Gasteiger partial charge in [0.25, 0.3) is 11.7 Å². The number of ether oxygens (including phenoxy) is 2. The first kappa shape index (κ1) is 25.0. The van der Waals surface area contributed by atoms with Crippen LogP contribution in [0.3, 0.4) is 0 Å². The Hall–Kier alpha value is -4.07. The van der Waals surface area contributed by atoms with Gasteiger partial charge in [-0.3, -0.25) is 14.6 Å². The molecule has 1 unspecified atom stereocenters. The van der Waals surface area contributed by atoms with Crippen LogP contribution in [0.5, 0.6) is 11.5 Å². The molecule has 2 heterocycles. The molecule has 36 heavy (non-hydrogen) atoms. The lowest BCUT2D eigenvalue weighted by Crippen LogP contribution is -2.36. The second-order valence-electron chi connectivity index (χ2n) is 8.57. The molecule has 8 heteroatoms. The summed E-state index contributed by atoms with van der Waals surface area (Å²) in [7, 11) is 0. The Kier molecular flexibility index (Phi) is 8.05. The number of hydrogen-bond acceptors (Lipinski definition) is 5. The molecule has 0 spiro atoms. The maximum Gasteiger partial charge on any atom is 0.295 e. The molecule has 2 aromatic carbocycles. The molecule has 3 aromatic rings. The predicted octanol–water partition coefficient (Wildman–Crippen LogP) is 4.00. The molecule has 0 radical (unpaired) electrons. The van der Waals surface area contributed by atoms with Crippen molar-refractivity contribution >= 4 is 17.4 Å². The summed E-state index contributed by atoms with van der Waals surface area (Å²) < 4.78 is 13.2. The molecule has 1 fully saturated rings. The number of aromatic amines is 1. The maximum absolute atomic E-state index is 13.2. The van der Waals surface area contributed by atoms with Gasteiger partial charge >= 0.3 is 0 Å². The molecule has 1 saturated heterocycles. The van der Waals surface area contributed by atoms with Crippen LogP contribution in [0.15, 0.2) is 72.8 Å². The van der Waals surface area contributed by atoms with Crippen LogP contribution in [-0.4, -0.2) is 46.4 Å². The minimum absolute atomic E-state index is 0.0840. The summed E-state index contributed by atoms with van der Waals surface area (Å²) in [5.74, 6) is -0.121. The van der Waals surface area contributed by atoms with Gasteiger partial charge in [-0.1, -0.05) is 19.1 Å². The van der Waals surface area contributed by atoms with E-state index in [0.717, 1.165) is 12.0 Å². The van der Waals surface area contributed by atoms with Gasteiger partial charge in [0.2, 0.25) is 6.33 Å². The van der Waals surface area contributed by atoms with Crippen molar-refractivity contribution in [3.63, 3.8) is 0 Å². The number of hydrogen-bond donors (Lipinski definition) is 2. The van der Waals surface area contributed by atoms with Gasteiger partial charge in [0.15, 0.2) is 0 Å². The number of aromatic nitrogens is 2. The van der Waals surface area contributed by atoms with Crippen molar-refractivity contribution in [1.29, 1.82) is 0 Å². The van der Waals surface area contributed by atoms with Gasteiger partial charge in [0, 0.05) is 18.5 Å². The molecule has 4 rings (SSSR count). The van der Waals surface area contributed by atoms with E-state index in [1.807, 2.05) is 61.4 Å². The second-order valence-corrected chi connectivity index (χ2v) is 8.57. The minimum atomic E-state index is -0.701. The van der Waals surface area contributed by atoms with Gasteiger partial charge < -0.3 is 19.5 Å². The van der Waals surface area contributed by atoms with E-state index in [1.165, 1.54) is 0 Å². The highest BCUT2D eigenvalue weighted by atomic mass is 16.5. The van der Waals surface area contributed by atoms with Crippen molar-refractivity contribution in [2.24, 2.45) is 0 Å². The van der Waals surface area contributed by atoms with E-state index >= 15 is 0 Å². The number of ketones is 1. The van der Waals surface area contributed by atoms with Gasteiger partial charge in [-0.2, -0.15) is 0 Å². The number of Topliss-reactive ketones (excluding diaryl/α,β-unsaturated/α-hetero) is 1. The molecule has 0 saturated carbocycles. The number of aryl methyl sites for hydroxylation is 1. The van der Waals surface area contributed by atoms with E-state index in [9.17, 15) is 14.7 Å². The zero-order valence-corrected chi connectivity index (χ0v) is 20.6. The number of likely N-dealkylation sites (tertiary alicyclic amines) is 1. The highest BCUT2D eigenvalue weighted by molar-refractivity contribution is 6.46. The number of imidazole rings is 1. The highest BCUT2D eigenvalue weighted by Gasteiger charge is 2.45. The summed E-state index contributed by atoms with van der Waals surface area (Å²) in [6.45, 7) is 6.10. The number of amides is 1. The Morgan fingerprint density at radius 3 is 2.36 bits per heavy atom. The molecule has 188 valence electrons. The number of aliphatic hydroxyl groups is 1. The summed E-state index contributed by atoms with van der Waals surface area (Å²) >= 11 is 0. The van der Waals surface area contributed by atoms with E-state index in [1.54, 1.807) is 29.2 Å². The Bertz CT molecular complexity index is 1200. The molecule has 8 nitrogen and oxygen atoms in total. The fraction of sp³-hybridized carbons (Fsp3) is 0.321. The third kappa shape index (κ3) is 5.43. The fourth-order valence-electron chi connectivity index (χ4n) is 4.34. The molecule has 0 aliphatic carbocycles. The van der Waals surface area contributed by atoms with Crippen LogP contribution in [-0.2, 0) is 16.1 Å². The SMILES string of the molecule is CCCOc1ccc(C2C(=C(O)c3ccc(OCC)cc3)C(=O)C(=O)N2CCC[n+]2cc[nH]c2)cc1. The third-order valence-corrected chi connectivity index (χ3v) is 6.07. The van der Waals surface area contributed by atoms with Crippen molar-refractivity contribution < 1.29 is 28.7 Å². The van der Waals surface area contributed by atoms with Crippen LogP contribution in [0.1, 0.15) is 43.9 Å². The third-order valence-electron chi connectivity index (χ3n) is 6.07. The smallest absolute Gasteiger partial charge is 0.295 e. The monoisotopic (exact) mass is 490 g/mol. The van der Waals surface area contributed by atoms with Gasteiger partial charge in [-0.25, -0.2) is 4.57 Å². The lowest BCUT2D eigenvalue weighted by Gasteiger charge is -2.25. The molecule has 0 bridgehead atoms. The van der Waals surface area contributed by atoms with Crippen LogP contribution < -0.4 is 14.0 Å². The first-order chi connectivity index (χ1) is 17.5. The molecule has 1 atom stereocenters. The molecule has 1 aliphatic heterocycles. The van der Waals surface area contributed by atoms with Crippen LogP contribution >= 0.6 is 0 Å². The molecular weight excluding hydrogens is 458 g/mol. The summed E-state index contributed by atoms with van der Waals surface area (Å²) in [5.41, 5.74) is 1.27. The Morgan fingerprint density at radius 1 is 1.03 bits per heavy atom. The Balaban J connectivity index is 1.68. The van der Waals surface area contributed by atoms with Crippen LogP contribution in [0.2, 0.25) is 0 Å². The summed E-state index contributed by atoms with van der Waals surface area (Å²) in [4.78, 5) is 30.9.